The summed E-state index contributed by atoms with van der Waals surface area (Å²) in [6.07, 6.45) is 3.47. The van der Waals surface area contributed by atoms with Gasteiger partial charge in [0.05, 0.1) is 15.5 Å². The molecule has 3 rings (SSSR count). The minimum atomic E-state index is -0.376. The highest BCUT2D eigenvalue weighted by molar-refractivity contribution is 8.26. The molecule has 0 saturated carbocycles. The number of nitro groups is 1. The Bertz CT molecular complexity index is 1050. The summed E-state index contributed by atoms with van der Waals surface area (Å²) in [6, 6.07) is 7.13. The van der Waals surface area contributed by atoms with Crippen molar-refractivity contribution in [3.63, 3.8) is 0 Å². The van der Waals surface area contributed by atoms with Crippen molar-refractivity contribution >= 4 is 46.0 Å². The topological polar surface area (TPSA) is 68.4 Å². The fourth-order valence-electron chi connectivity index (χ4n) is 3.19. The third kappa shape index (κ3) is 3.53. The zero-order valence-corrected chi connectivity index (χ0v) is 17.4. The average Bonchev–Trinajstić information content (AvgIpc) is 3.06. The fourth-order valence-corrected chi connectivity index (χ4v) is 4.46. The summed E-state index contributed by atoms with van der Waals surface area (Å²) in [7, 11) is 0. The SMILES string of the molecule is C=CCN1C(=O)/C(=C/c2cc(C)n(-c3ccc(C)c([N+](=O)[O-])c3)c2C)SC1=S. The van der Waals surface area contributed by atoms with Gasteiger partial charge in [-0.1, -0.05) is 36.1 Å². The lowest BCUT2D eigenvalue weighted by atomic mass is 10.1. The van der Waals surface area contributed by atoms with Crippen LogP contribution < -0.4 is 0 Å². The fraction of sp³-hybridized carbons (Fsp3) is 0.200. The molecular weight excluding hydrogens is 394 g/mol. The predicted molar refractivity (Wildman–Crippen MR) is 117 cm³/mol. The number of hydrogen-bond donors (Lipinski definition) is 0. The summed E-state index contributed by atoms with van der Waals surface area (Å²) in [4.78, 5) is 25.5. The van der Waals surface area contributed by atoms with E-state index in [0.717, 1.165) is 17.0 Å². The molecule has 28 heavy (non-hydrogen) atoms. The van der Waals surface area contributed by atoms with Gasteiger partial charge >= 0.3 is 0 Å². The van der Waals surface area contributed by atoms with Crippen molar-refractivity contribution in [1.29, 1.82) is 0 Å². The Kier molecular flexibility index (Phi) is 5.53. The first-order valence-corrected chi connectivity index (χ1v) is 9.77. The van der Waals surface area contributed by atoms with E-state index in [0.29, 0.717) is 27.0 Å². The standard InChI is InChI=1S/C20H19N3O3S2/c1-5-8-21-19(24)18(28-20(21)27)10-15-9-13(3)22(14(15)4)16-7-6-12(2)17(11-16)23(25)26/h5-7,9-11H,1,8H2,2-4H3/b18-10-. The molecule has 1 aliphatic heterocycles. The molecule has 2 heterocycles. The van der Waals surface area contributed by atoms with Gasteiger partial charge < -0.3 is 4.57 Å². The second-order valence-corrected chi connectivity index (χ2v) is 8.15. The van der Waals surface area contributed by atoms with Crippen molar-refractivity contribution in [2.45, 2.75) is 20.8 Å². The highest BCUT2D eigenvalue weighted by atomic mass is 32.2. The molecule has 0 radical (unpaired) electrons. The van der Waals surface area contributed by atoms with Gasteiger partial charge in [-0.2, -0.15) is 0 Å². The number of thiocarbonyl (C=S) groups is 1. The zero-order chi connectivity index (χ0) is 20.6. The van der Waals surface area contributed by atoms with E-state index in [4.69, 9.17) is 12.2 Å². The van der Waals surface area contributed by atoms with Gasteiger partial charge in [0.15, 0.2) is 0 Å². The summed E-state index contributed by atoms with van der Waals surface area (Å²) in [5.74, 6) is -0.134. The van der Waals surface area contributed by atoms with Crippen molar-refractivity contribution in [3.05, 3.63) is 74.5 Å². The second-order valence-electron chi connectivity index (χ2n) is 6.47. The Morgan fingerprint density at radius 2 is 2.00 bits per heavy atom. The molecule has 0 atom stereocenters. The number of benzene rings is 1. The first-order chi connectivity index (χ1) is 13.2. The molecule has 0 unspecified atom stereocenters. The molecule has 0 spiro atoms. The maximum absolute atomic E-state index is 12.6. The van der Waals surface area contributed by atoms with E-state index in [1.807, 2.05) is 36.6 Å². The number of aryl methyl sites for hydroxylation is 2. The number of hydrogen-bond acceptors (Lipinski definition) is 5. The van der Waals surface area contributed by atoms with Gasteiger partial charge in [0.2, 0.25) is 0 Å². The predicted octanol–water partition coefficient (Wildman–Crippen LogP) is 4.70. The minimum Gasteiger partial charge on any atom is -0.318 e. The molecule has 1 fully saturated rings. The third-order valence-corrected chi connectivity index (χ3v) is 5.97. The Labute approximate surface area is 172 Å². The van der Waals surface area contributed by atoms with Crippen molar-refractivity contribution < 1.29 is 9.72 Å². The molecule has 1 amide bonds. The van der Waals surface area contributed by atoms with Crippen molar-refractivity contribution in [1.82, 2.24) is 9.47 Å². The molecule has 2 aromatic rings. The molecule has 6 nitrogen and oxygen atoms in total. The van der Waals surface area contributed by atoms with E-state index in [-0.39, 0.29) is 16.5 Å². The highest BCUT2D eigenvalue weighted by Crippen LogP contribution is 2.34. The van der Waals surface area contributed by atoms with Crippen LogP contribution in [0.2, 0.25) is 0 Å². The number of nitrogens with zero attached hydrogens (tertiary/aromatic N) is 3. The van der Waals surface area contributed by atoms with Crippen molar-refractivity contribution in [2.75, 3.05) is 6.54 Å². The lowest BCUT2D eigenvalue weighted by Crippen LogP contribution is -2.27. The molecule has 1 saturated heterocycles. The Morgan fingerprint density at radius 1 is 1.29 bits per heavy atom. The highest BCUT2D eigenvalue weighted by Gasteiger charge is 2.31. The average molecular weight is 414 g/mol. The summed E-state index contributed by atoms with van der Waals surface area (Å²) in [5.41, 5.74) is 4.10. The number of nitro benzene ring substituents is 1. The normalized spacial score (nSPS) is 15.5. The van der Waals surface area contributed by atoms with E-state index < -0.39 is 0 Å². The third-order valence-electron chi connectivity index (χ3n) is 4.59. The first kappa shape index (κ1) is 20.0. The molecule has 1 aromatic carbocycles. The van der Waals surface area contributed by atoms with Crippen LogP contribution in [0.1, 0.15) is 22.5 Å². The molecule has 0 aliphatic carbocycles. The Balaban J connectivity index is 2.03. The maximum Gasteiger partial charge on any atom is 0.274 e. The number of thioether (sulfide) groups is 1. The van der Waals surface area contributed by atoms with Crippen molar-refractivity contribution in [2.24, 2.45) is 0 Å². The van der Waals surface area contributed by atoms with Gasteiger partial charge in [-0.3, -0.25) is 19.8 Å². The Morgan fingerprint density at radius 3 is 2.64 bits per heavy atom. The summed E-state index contributed by atoms with van der Waals surface area (Å²) >= 11 is 6.55. The molecule has 1 aliphatic rings. The summed E-state index contributed by atoms with van der Waals surface area (Å²) in [6.45, 7) is 9.61. The quantitative estimate of drug-likeness (QED) is 0.234. The lowest BCUT2D eigenvalue weighted by Gasteiger charge is -2.11. The van der Waals surface area contributed by atoms with E-state index >= 15 is 0 Å². The number of aromatic nitrogens is 1. The molecule has 0 N–H and O–H groups in total. The monoisotopic (exact) mass is 413 g/mol. The van der Waals surface area contributed by atoms with Gasteiger partial charge in [-0.25, -0.2) is 0 Å². The largest absolute Gasteiger partial charge is 0.318 e. The van der Waals surface area contributed by atoms with Crippen LogP contribution in [-0.4, -0.2) is 31.2 Å². The number of carbonyl (C=O) groups is 1. The van der Waals surface area contributed by atoms with Gasteiger partial charge in [0, 0.05) is 29.6 Å². The maximum atomic E-state index is 12.6. The van der Waals surface area contributed by atoms with Crippen molar-refractivity contribution in [3.8, 4) is 5.69 Å². The molecular formula is C20H19N3O3S2. The molecule has 0 bridgehead atoms. The van der Waals surface area contributed by atoms with E-state index in [1.165, 1.54) is 16.7 Å². The van der Waals surface area contributed by atoms with Crippen LogP contribution in [0.5, 0.6) is 0 Å². The molecule has 8 heteroatoms. The van der Waals surface area contributed by atoms with Gasteiger partial charge in [-0.15, -0.1) is 6.58 Å². The van der Waals surface area contributed by atoms with Crippen LogP contribution in [0.3, 0.4) is 0 Å². The lowest BCUT2D eigenvalue weighted by molar-refractivity contribution is -0.385. The second kappa shape index (κ2) is 7.73. The van der Waals surface area contributed by atoms with Crippen LogP contribution in [0.15, 0.2) is 41.8 Å². The van der Waals surface area contributed by atoms with Crippen LogP contribution >= 0.6 is 24.0 Å². The van der Waals surface area contributed by atoms with Crippen LogP contribution in [0.25, 0.3) is 11.8 Å². The first-order valence-electron chi connectivity index (χ1n) is 8.55. The zero-order valence-electron chi connectivity index (χ0n) is 15.8. The van der Waals surface area contributed by atoms with Gasteiger partial charge in [0.25, 0.3) is 11.6 Å². The van der Waals surface area contributed by atoms with Crippen LogP contribution in [-0.2, 0) is 4.79 Å². The number of carbonyl (C=O) groups excluding carboxylic acids is 1. The van der Waals surface area contributed by atoms with E-state index in [2.05, 4.69) is 6.58 Å². The Hall–Kier alpha value is -2.71. The smallest absolute Gasteiger partial charge is 0.274 e. The number of amides is 1. The van der Waals surface area contributed by atoms with Crippen LogP contribution in [0, 0.1) is 30.9 Å². The number of rotatable bonds is 5. The summed E-state index contributed by atoms with van der Waals surface area (Å²) < 4.78 is 2.46. The van der Waals surface area contributed by atoms with E-state index in [9.17, 15) is 14.9 Å². The van der Waals surface area contributed by atoms with Gasteiger partial charge in [-0.05, 0) is 44.5 Å². The molecule has 1 aromatic heterocycles. The molecule has 144 valence electrons. The summed E-state index contributed by atoms with van der Waals surface area (Å²) in [5, 5.41) is 11.3. The van der Waals surface area contributed by atoms with Gasteiger partial charge in [0.1, 0.15) is 4.32 Å². The minimum absolute atomic E-state index is 0.0804. The van der Waals surface area contributed by atoms with Crippen LogP contribution in [0.4, 0.5) is 5.69 Å². The van der Waals surface area contributed by atoms with E-state index in [1.54, 1.807) is 25.1 Å².